The molecule has 90 valence electrons. The Morgan fingerprint density at radius 3 is 2.81 bits per heavy atom. The van der Waals surface area contributed by atoms with E-state index in [4.69, 9.17) is 4.42 Å². The van der Waals surface area contributed by atoms with Crippen LogP contribution in [0.25, 0.3) is 0 Å². The van der Waals surface area contributed by atoms with Crippen LogP contribution in [0.3, 0.4) is 0 Å². The summed E-state index contributed by atoms with van der Waals surface area (Å²) >= 11 is 0. The molecule has 0 bridgehead atoms. The van der Waals surface area contributed by atoms with Crippen molar-refractivity contribution in [3.05, 3.63) is 24.2 Å². The predicted octanol–water partition coefficient (Wildman–Crippen LogP) is 3.38. The molecule has 1 fully saturated rings. The molecule has 0 saturated heterocycles. The van der Waals surface area contributed by atoms with Gasteiger partial charge in [-0.25, -0.2) is 0 Å². The lowest BCUT2D eigenvalue weighted by molar-refractivity contribution is 0.297. The van der Waals surface area contributed by atoms with Crippen molar-refractivity contribution < 1.29 is 4.42 Å². The molecule has 1 saturated carbocycles. The summed E-state index contributed by atoms with van der Waals surface area (Å²) in [5, 5.41) is 3.64. The smallest absolute Gasteiger partial charge is 0.105 e. The number of nitrogens with one attached hydrogen (secondary N) is 1. The molecular formula is C14H23NO. The van der Waals surface area contributed by atoms with Crippen LogP contribution < -0.4 is 5.32 Å². The maximum atomic E-state index is 5.36. The predicted molar refractivity (Wildman–Crippen MR) is 66.5 cm³/mol. The molecule has 2 rings (SSSR count). The van der Waals surface area contributed by atoms with E-state index in [9.17, 15) is 0 Å². The Labute approximate surface area is 98.4 Å². The molecule has 1 unspecified atom stereocenters. The van der Waals surface area contributed by atoms with E-state index < -0.39 is 0 Å². The van der Waals surface area contributed by atoms with E-state index in [1.54, 1.807) is 6.26 Å². The number of hydrogen-bond donors (Lipinski definition) is 1. The number of furan rings is 1. The average molecular weight is 221 g/mol. The molecule has 1 atom stereocenters. The maximum absolute atomic E-state index is 5.36. The molecule has 0 aliphatic heterocycles. The molecule has 1 heterocycles. The Kier molecular flexibility index (Phi) is 3.70. The summed E-state index contributed by atoms with van der Waals surface area (Å²) in [7, 11) is 0. The third-order valence-electron chi connectivity index (χ3n) is 3.78. The van der Waals surface area contributed by atoms with Gasteiger partial charge in [-0.15, -0.1) is 0 Å². The van der Waals surface area contributed by atoms with Gasteiger partial charge in [-0.2, -0.15) is 0 Å². The summed E-state index contributed by atoms with van der Waals surface area (Å²) in [5.41, 5.74) is 0.539. The van der Waals surface area contributed by atoms with E-state index in [1.165, 1.54) is 25.7 Å². The van der Waals surface area contributed by atoms with Crippen molar-refractivity contribution in [1.29, 1.82) is 0 Å². The summed E-state index contributed by atoms with van der Waals surface area (Å²) in [6, 6.07) is 4.51. The van der Waals surface area contributed by atoms with Gasteiger partial charge < -0.3 is 9.73 Å². The Hall–Kier alpha value is -0.760. The first-order valence-electron chi connectivity index (χ1n) is 6.44. The highest BCUT2D eigenvalue weighted by atomic mass is 16.3. The molecule has 1 aliphatic carbocycles. The van der Waals surface area contributed by atoms with E-state index in [-0.39, 0.29) is 0 Å². The highest BCUT2D eigenvalue weighted by molar-refractivity contribution is 5.00. The van der Waals surface area contributed by atoms with E-state index in [1.807, 2.05) is 6.07 Å². The SMILES string of the molecule is CC(Cc1ccco1)NCC1(C)CCCC1. The molecule has 0 spiro atoms. The molecule has 16 heavy (non-hydrogen) atoms. The van der Waals surface area contributed by atoms with Gasteiger partial charge in [0.25, 0.3) is 0 Å². The second-order valence-corrected chi connectivity index (χ2v) is 5.58. The highest BCUT2D eigenvalue weighted by Crippen LogP contribution is 2.36. The minimum Gasteiger partial charge on any atom is -0.469 e. The fraction of sp³-hybridized carbons (Fsp3) is 0.714. The third kappa shape index (κ3) is 3.11. The van der Waals surface area contributed by atoms with Crippen molar-refractivity contribution in [3.63, 3.8) is 0 Å². The number of rotatable bonds is 5. The van der Waals surface area contributed by atoms with E-state index in [0.29, 0.717) is 11.5 Å². The summed E-state index contributed by atoms with van der Waals surface area (Å²) < 4.78 is 5.36. The molecule has 2 heteroatoms. The molecular weight excluding hydrogens is 198 g/mol. The van der Waals surface area contributed by atoms with Gasteiger partial charge in [0.2, 0.25) is 0 Å². The van der Waals surface area contributed by atoms with Crippen molar-refractivity contribution in [2.45, 2.75) is 52.0 Å². The van der Waals surface area contributed by atoms with Gasteiger partial charge in [-0.05, 0) is 37.3 Å². The lowest BCUT2D eigenvalue weighted by Gasteiger charge is -2.26. The first kappa shape index (κ1) is 11.7. The van der Waals surface area contributed by atoms with Gasteiger partial charge in [0.15, 0.2) is 0 Å². The van der Waals surface area contributed by atoms with Crippen LogP contribution in [-0.2, 0) is 6.42 Å². The van der Waals surface area contributed by atoms with Gasteiger partial charge in [0.1, 0.15) is 5.76 Å². The third-order valence-corrected chi connectivity index (χ3v) is 3.78. The molecule has 1 N–H and O–H groups in total. The van der Waals surface area contributed by atoms with Gasteiger partial charge in [0.05, 0.1) is 6.26 Å². The topological polar surface area (TPSA) is 25.2 Å². The second kappa shape index (κ2) is 5.05. The Morgan fingerprint density at radius 1 is 1.44 bits per heavy atom. The van der Waals surface area contributed by atoms with Crippen LogP contribution >= 0.6 is 0 Å². The summed E-state index contributed by atoms with van der Waals surface area (Å²) in [5.74, 6) is 1.08. The van der Waals surface area contributed by atoms with E-state index in [0.717, 1.165) is 18.7 Å². The van der Waals surface area contributed by atoms with E-state index in [2.05, 4.69) is 25.2 Å². The van der Waals surface area contributed by atoms with Crippen LogP contribution in [0.15, 0.2) is 22.8 Å². The van der Waals surface area contributed by atoms with Crippen LogP contribution in [0.1, 0.15) is 45.3 Å². The van der Waals surface area contributed by atoms with Crippen LogP contribution in [0.4, 0.5) is 0 Å². The first-order chi connectivity index (χ1) is 7.68. The minimum absolute atomic E-state index is 0.503. The summed E-state index contributed by atoms with van der Waals surface area (Å²) in [6.45, 7) is 5.79. The van der Waals surface area contributed by atoms with Crippen LogP contribution in [0.2, 0.25) is 0 Å². The van der Waals surface area contributed by atoms with Crippen LogP contribution in [-0.4, -0.2) is 12.6 Å². The van der Waals surface area contributed by atoms with Crippen LogP contribution in [0.5, 0.6) is 0 Å². The Bertz CT molecular complexity index is 299. The summed E-state index contributed by atoms with van der Waals surface area (Å²) in [4.78, 5) is 0. The minimum atomic E-state index is 0.503. The van der Waals surface area contributed by atoms with Gasteiger partial charge >= 0.3 is 0 Å². The van der Waals surface area contributed by atoms with E-state index >= 15 is 0 Å². The molecule has 2 nitrogen and oxygen atoms in total. The molecule has 1 aliphatic rings. The average Bonchev–Trinajstić information content (AvgIpc) is 2.88. The maximum Gasteiger partial charge on any atom is 0.105 e. The van der Waals surface area contributed by atoms with Gasteiger partial charge in [0, 0.05) is 19.0 Å². The lowest BCUT2D eigenvalue weighted by atomic mass is 9.88. The van der Waals surface area contributed by atoms with Gasteiger partial charge in [-0.1, -0.05) is 19.8 Å². The normalized spacial score (nSPS) is 21.1. The zero-order valence-electron chi connectivity index (χ0n) is 10.5. The quantitative estimate of drug-likeness (QED) is 0.824. The standard InChI is InChI=1S/C14H23NO/c1-12(10-13-6-5-9-16-13)15-11-14(2)7-3-4-8-14/h5-6,9,12,15H,3-4,7-8,10-11H2,1-2H3. The van der Waals surface area contributed by atoms with Crippen molar-refractivity contribution in [1.82, 2.24) is 5.32 Å². The first-order valence-corrected chi connectivity index (χ1v) is 6.44. The second-order valence-electron chi connectivity index (χ2n) is 5.58. The molecule has 1 aromatic heterocycles. The summed E-state index contributed by atoms with van der Waals surface area (Å²) in [6.07, 6.45) is 8.32. The van der Waals surface area contributed by atoms with Crippen LogP contribution in [0, 0.1) is 5.41 Å². The van der Waals surface area contributed by atoms with Crippen molar-refractivity contribution in [3.8, 4) is 0 Å². The van der Waals surface area contributed by atoms with Gasteiger partial charge in [-0.3, -0.25) is 0 Å². The van der Waals surface area contributed by atoms with Crippen molar-refractivity contribution in [2.75, 3.05) is 6.54 Å². The Morgan fingerprint density at radius 2 is 2.19 bits per heavy atom. The fourth-order valence-electron chi connectivity index (χ4n) is 2.63. The zero-order chi connectivity index (χ0) is 11.4. The highest BCUT2D eigenvalue weighted by Gasteiger charge is 2.28. The molecule has 0 amide bonds. The molecule has 0 radical (unpaired) electrons. The monoisotopic (exact) mass is 221 g/mol. The fourth-order valence-corrected chi connectivity index (χ4v) is 2.63. The zero-order valence-corrected chi connectivity index (χ0v) is 10.5. The molecule has 0 aromatic carbocycles. The molecule has 1 aromatic rings. The number of hydrogen-bond acceptors (Lipinski definition) is 2. The van der Waals surface area contributed by atoms with Crippen molar-refractivity contribution in [2.24, 2.45) is 5.41 Å². The van der Waals surface area contributed by atoms with Crippen molar-refractivity contribution >= 4 is 0 Å². The Balaban J connectivity index is 1.73. The lowest BCUT2D eigenvalue weighted by Crippen LogP contribution is -2.36. The largest absolute Gasteiger partial charge is 0.469 e.